The van der Waals surface area contributed by atoms with Gasteiger partial charge >= 0.3 is 0 Å². The molecule has 1 aliphatic heterocycles. The Kier molecular flexibility index (Phi) is 7.82. The van der Waals surface area contributed by atoms with Crippen molar-refractivity contribution in [3.8, 4) is 0 Å². The van der Waals surface area contributed by atoms with Crippen molar-refractivity contribution in [2.24, 2.45) is 5.92 Å². The highest BCUT2D eigenvalue weighted by molar-refractivity contribution is 4.89. The Labute approximate surface area is 136 Å². The first-order valence-corrected chi connectivity index (χ1v) is 7.89. The lowest BCUT2D eigenvalue weighted by molar-refractivity contribution is -0.301. The highest BCUT2D eigenvalue weighted by atomic mass is 16.7. The lowest BCUT2D eigenvalue weighted by Crippen LogP contribution is -2.59. The van der Waals surface area contributed by atoms with Crippen LogP contribution in [0, 0.1) is 5.92 Å². The first kappa shape index (κ1) is 20.7. The number of rotatable bonds is 8. The topological polar surface area (TPSA) is 140 Å². The zero-order valence-electron chi connectivity index (χ0n) is 13.9. The maximum absolute atomic E-state index is 9.85. The summed E-state index contributed by atoms with van der Waals surface area (Å²) in [6.07, 6.45) is -6.37. The lowest BCUT2D eigenvalue weighted by Gasteiger charge is -2.39. The minimum absolute atomic E-state index is 0.119. The largest absolute Gasteiger partial charge is 0.394 e. The van der Waals surface area contributed by atoms with Crippen molar-refractivity contribution < 1.29 is 40.1 Å². The fourth-order valence-electron chi connectivity index (χ4n) is 2.70. The van der Waals surface area contributed by atoms with Crippen molar-refractivity contribution in [1.29, 1.82) is 0 Å². The Morgan fingerprint density at radius 3 is 2.22 bits per heavy atom. The van der Waals surface area contributed by atoms with E-state index >= 15 is 0 Å². The van der Waals surface area contributed by atoms with Crippen LogP contribution in [-0.2, 0) is 9.47 Å². The molecule has 0 aromatic heterocycles. The van der Waals surface area contributed by atoms with Gasteiger partial charge in [0.05, 0.1) is 24.9 Å². The van der Waals surface area contributed by atoms with E-state index in [0.29, 0.717) is 12.8 Å². The molecule has 0 radical (unpaired) electrons. The zero-order chi connectivity index (χ0) is 17.8. The molecule has 1 aliphatic rings. The molecule has 8 nitrogen and oxygen atoms in total. The molecule has 23 heavy (non-hydrogen) atoms. The van der Waals surface area contributed by atoms with E-state index in [9.17, 15) is 25.5 Å². The number of aliphatic hydroxyl groups is 6. The molecule has 1 fully saturated rings. The van der Waals surface area contributed by atoms with Crippen LogP contribution in [0.5, 0.6) is 0 Å². The zero-order valence-corrected chi connectivity index (χ0v) is 13.9. The molecule has 0 aromatic rings. The van der Waals surface area contributed by atoms with E-state index < -0.39 is 49.0 Å². The van der Waals surface area contributed by atoms with Gasteiger partial charge in [0.1, 0.15) is 24.4 Å². The van der Waals surface area contributed by atoms with Gasteiger partial charge in [-0.1, -0.05) is 0 Å². The minimum Gasteiger partial charge on any atom is -0.394 e. The average Bonchev–Trinajstić information content (AvgIpc) is 2.44. The van der Waals surface area contributed by atoms with Gasteiger partial charge in [-0.05, 0) is 39.5 Å². The van der Waals surface area contributed by atoms with E-state index in [0.717, 1.165) is 0 Å². The SMILES string of the molecule is C[C@H](O)[C@H](CCO[C@@H]1O[C@H](CO)[C@@H](O)[C@H](O)[C@H]1O)CC(C)(C)O. The van der Waals surface area contributed by atoms with E-state index in [1.54, 1.807) is 20.8 Å². The van der Waals surface area contributed by atoms with E-state index in [2.05, 4.69) is 0 Å². The van der Waals surface area contributed by atoms with E-state index in [-0.39, 0.29) is 12.5 Å². The Balaban J connectivity index is 2.52. The molecule has 138 valence electrons. The summed E-state index contributed by atoms with van der Waals surface area (Å²) in [4.78, 5) is 0. The number of aliphatic hydroxyl groups excluding tert-OH is 5. The molecule has 1 rings (SSSR count). The summed E-state index contributed by atoms with van der Waals surface area (Å²) in [7, 11) is 0. The van der Waals surface area contributed by atoms with Gasteiger partial charge in [-0.15, -0.1) is 0 Å². The summed E-state index contributed by atoms with van der Waals surface area (Å²) in [6, 6.07) is 0. The molecule has 0 aromatic carbocycles. The van der Waals surface area contributed by atoms with Crippen LogP contribution >= 0.6 is 0 Å². The molecule has 0 unspecified atom stereocenters. The number of hydrogen-bond donors (Lipinski definition) is 6. The summed E-state index contributed by atoms with van der Waals surface area (Å²) in [5, 5.41) is 57.9. The Hall–Kier alpha value is -0.320. The smallest absolute Gasteiger partial charge is 0.186 e. The second-order valence-corrected chi connectivity index (χ2v) is 6.87. The van der Waals surface area contributed by atoms with Gasteiger partial charge in [0, 0.05) is 0 Å². The second kappa shape index (κ2) is 8.68. The van der Waals surface area contributed by atoms with Crippen LogP contribution in [0.1, 0.15) is 33.6 Å². The van der Waals surface area contributed by atoms with Crippen molar-refractivity contribution in [3.63, 3.8) is 0 Å². The van der Waals surface area contributed by atoms with Crippen LogP contribution in [0.15, 0.2) is 0 Å². The van der Waals surface area contributed by atoms with Gasteiger partial charge in [-0.25, -0.2) is 0 Å². The molecule has 7 atom stereocenters. The van der Waals surface area contributed by atoms with Crippen LogP contribution in [0.3, 0.4) is 0 Å². The summed E-state index contributed by atoms with van der Waals surface area (Å²) in [6.45, 7) is 4.54. The summed E-state index contributed by atoms with van der Waals surface area (Å²) in [5.41, 5.74) is -0.926. The molecule has 0 spiro atoms. The normalized spacial score (nSPS) is 35.1. The summed E-state index contributed by atoms with van der Waals surface area (Å²) >= 11 is 0. The van der Waals surface area contributed by atoms with E-state index in [1.807, 2.05) is 0 Å². The highest BCUT2D eigenvalue weighted by Crippen LogP contribution is 2.25. The van der Waals surface area contributed by atoms with Gasteiger partial charge in [0.2, 0.25) is 0 Å². The second-order valence-electron chi connectivity index (χ2n) is 6.87. The quantitative estimate of drug-likeness (QED) is 0.309. The monoisotopic (exact) mass is 338 g/mol. The third kappa shape index (κ3) is 6.24. The molecule has 0 amide bonds. The Morgan fingerprint density at radius 2 is 1.74 bits per heavy atom. The van der Waals surface area contributed by atoms with Crippen molar-refractivity contribution in [2.45, 2.75) is 76.0 Å². The van der Waals surface area contributed by atoms with Gasteiger partial charge < -0.3 is 40.1 Å². The minimum atomic E-state index is -1.48. The predicted molar refractivity (Wildman–Crippen MR) is 80.4 cm³/mol. The predicted octanol–water partition coefficient (Wildman–Crippen LogP) is -1.65. The van der Waals surface area contributed by atoms with Crippen molar-refractivity contribution in [3.05, 3.63) is 0 Å². The molecule has 0 saturated carbocycles. The fourth-order valence-corrected chi connectivity index (χ4v) is 2.70. The molecule has 6 N–H and O–H groups in total. The van der Waals surface area contributed by atoms with Crippen LogP contribution in [0.2, 0.25) is 0 Å². The summed E-state index contributed by atoms with van der Waals surface area (Å²) < 4.78 is 10.6. The van der Waals surface area contributed by atoms with Crippen LogP contribution < -0.4 is 0 Å². The van der Waals surface area contributed by atoms with E-state index in [4.69, 9.17) is 14.6 Å². The standard InChI is InChI=1S/C15H30O8/c1-8(17)9(6-15(2,3)21)4-5-22-14-13(20)12(19)11(18)10(7-16)23-14/h8-14,16-21H,4-7H2,1-3H3/t8-,9+,10+,11+,12-,13+,14+/m0/s1. The third-order valence-electron chi connectivity index (χ3n) is 4.06. The molecular formula is C15H30O8. The first-order chi connectivity index (χ1) is 10.6. The highest BCUT2D eigenvalue weighted by Gasteiger charge is 2.44. The Bertz CT molecular complexity index is 341. The Morgan fingerprint density at radius 1 is 1.13 bits per heavy atom. The van der Waals surface area contributed by atoms with Gasteiger partial charge in [0.25, 0.3) is 0 Å². The average molecular weight is 338 g/mol. The van der Waals surface area contributed by atoms with Crippen LogP contribution in [-0.4, -0.2) is 86.3 Å². The molecule has 1 saturated heterocycles. The van der Waals surface area contributed by atoms with Gasteiger partial charge in [-0.2, -0.15) is 0 Å². The number of ether oxygens (including phenoxy) is 2. The van der Waals surface area contributed by atoms with Crippen LogP contribution in [0.4, 0.5) is 0 Å². The molecule has 1 heterocycles. The van der Waals surface area contributed by atoms with Crippen molar-refractivity contribution in [1.82, 2.24) is 0 Å². The lowest BCUT2D eigenvalue weighted by atomic mass is 9.88. The molecule has 0 bridgehead atoms. The van der Waals surface area contributed by atoms with Crippen molar-refractivity contribution >= 4 is 0 Å². The maximum Gasteiger partial charge on any atom is 0.186 e. The molecule has 0 aliphatic carbocycles. The first-order valence-electron chi connectivity index (χ1n) is 7.89. The van der Waals surface area contributed by atoms with Crippen LogP contribution in [0.25, 0.3) is 0 Å². The maximum atomic E-state index is 9.85. The third-order valence-corrected chi connectivity index (χ3v) is 4.06. The molecule has 8 heteroatoms. The summed E-state index contributed by atoms with van der Waals surface area (Å²) in [5.74, 6) is -0.208. The van der Waals surface area contributed by atoms with Gasteiger partial charge in [-0.3, -0.25) is 0 Å². The van der Waals surface area contributed by atoms with Gasteiger partial charge in [0.15, 0.2) is 6.29 Å². The fraction of sp³-hybridized carbons (Fsp3) is 1.00. The van der Waals surface area contributed by atoms with Crippen molar-refractivity contribution in [2.75, 3.05) is 13.2 Å². The number of hydrogen-bond acceptors (Lipinski definition) is 8. The molecular weight excluding hydrogens is 308 g/mol. The van der Waals surface area contributed by atoms with E-state index in [1.165, 1.54) is 0 Å².